The van der Waals surface area contributed by atoms with E-state index in [4.69, 9.17) is 0 Å². The zero-order chi connectivity index (χ0) is 17.5. The molecule has 0 bridgehead atoms. The number of hydrogen-bond donors (Lipinski definition) is 1. The Bertz CT molecular complexity index is 816. The van der Waals surface area contributed by atoms with Crippen molar-refractivity contribution in [2.24, 2.45) is 4.99 Å². The third kappa shape index (κ3) is 2.78. The van der Waals surface area contributed by atoms with Gasteiger partial charge in [-0.1, -0.05) is 30.3 Å². The van der Waals surface area contributed by atoms with Crippen molar-refractivity contribution < 1.29 is 23.1 Å². The molecule has 1 amide bonds. The molecule has 3 rings (SSSR count). The Labute approximate surface area is 135 Å². The lowest BCUT2D eigenvalue weighted by Crippen LogP contribution is -2.34. The van der Waals surface area contributed by atoms with Crippen LogP contribution in [0.25, 0.3) is 0 Å². The van der Waals surface area contributed by atoms with Crippen molar-refractivity contribution in [3.63, 3.8) is 0 Å². The van der Waals surface area contributed by atoms with Gasteiger partial charge in [0.2, 0.25) is 6.23 Å². The number of likely N-dealkylation sites (N-methyl/N-ethyl adjacent to an activating group) is 1. The maximum Gasteiger partial charge on any atom is 0.416 e. The van der Waals surface area contributed by atoms with Crippen LogP contribution in [0, 0.1) is 0 Å². The normalized spacial score (nSPS) is 18.0. The summed E-state index contributed by atoms with van der Waals surface area (Å²) in [6.07, 6.45) is -6.20. The van der Waals surface area contributed by atoms with Gasteiger partial charge in [-0.2, -0.15) is 13.2 Å². The van der Waals surface area contributed by atoms with E-state index in [0.29, 0.717) is 5.56 Å². The van der Waals surface area contributed by atoms with E-state index < -0.39 is 23.9 Å². The molecule has 0 aromatic heterocycles. The largest absolute Gasteiger partial charge is 0.416 e. The Kier molecular flexibility index (Phi) is 3.88. The van der Waals surface area contributed by atoms with Crippen molar-refractivity contribution in [1.82, 2.24) is 0 Å². The number of benzene rings is 2. The molecule has 0 fully saturated rings. The Morgan fingerprint density at radius 2 is 1.79 bits per heavy atom. The first-order valence-corrected chi connectivity index (χ1v) is 7.09. The number of alkyl halides is 3. The molecule has 1 heterocycles. The summed E-state index contributed by atoms with van der Waals surface area (Å²) in [6, 6.07) is 11.5. The van der Waals surface area contributed by atoms with Crippen molar-refractivity contribution in [1.29, 1.82) is 0 Å². The first-order chi connectivity index (χ1) is 11.3. The molecule has 1 aliphatic rings. The number of fused-ring (bicyclic) bond motifs is 1. The second-order valence-corrected chi connectivity index (χ2v) is 5.34. The maximum absolute atomic E-state index is 13.1. The number of rotatable bonds is 1. The monoisotopic (exact) mass is 334 g/mol. The van der Waals surface area contributed by atoms with Gasteiger partial charge in [0, 0.05) is 18.2 Å². The van der Waals surface area contributed by atoms with Crippen LogP contribution in [0.15, 0.2) is 53.5 Å². The number of aliphatic imine (C=N–C) groups is 1. The minimum atomic E-state index is -4.52. The van der Waals surface area contributed by atoms with Gasteiger partial charge in [-0.3, -0.25) is 4.79 Å². The summed E-state index contributed by atoms with van der Waals surface area (Å²) in [5.41, 5.74) is 0.208. The van der Waals surface area contributed by atoms with E-state index in [1.165, 1.54) is 13.1 Å². The molecule has 1 unspecified atom stereocenters. The number of benzodiazepines with no additional fused rings is 1. The highest BCUT2D eigenvalue weighted by Gasteiger charge is 2.34. The highest BCUT2D eigenvalue weighted by molar-refractivity contribution is 6.19. The Morgan fingerprint density at radius 3 is 2.42 bits per heavy atom. The fourth-order valence-corrected chi connectivity index (χ4v) is 2.56. The fourth-order valence-electron chi connectivity index (χ4n) is 2.56. The van der Waals surface area contributed by atoms with E-state index in [9.17, 15) is 23.1 Å². The van der Waals surface area contributed by atoms with E-state index >= 15 is 0 Å². The van der Waals surface area contributed by atoms with Gasteiger partial charge in [0.1, 0.15) is 0 Å². The number of nitrogens with zero attached hydrogens (tertiary/aromatic N) is 2. The molecule has 2 aromatic carbocycles. The summed E-state index contributed by atoms with van der Waals surface area (Å²) in [5, 5.41) is 9.96. The molecule has 2 aromatic rings. The molecule has 1 aliphatic heterocycles. The molecule has 1 N–H and O–H groups in total. The lowest BCUT2D eigenvalue weighted by molar-refractivity contribution is -0.137. The molecule has 1 atom stereocenters. The van der Waals surface area contributed by atoms with Crippen LogP contribution in [0.4, 0.5) is 18.9 Å². The smallest absolute Gasteiger partial charge is 0.364 e. The number of hydrogen-bond acceptors (Lipinski definition) is 3. The van der Waals surface area contributed by atoms with Gasteiger partial charge in [-0.25, -0.2) is 4.99 Å². The van der Waals surface area contributed by atoms with E-state index in [1.54, 1.807) is 30.3 Å². The molecule has 0 saturated carbocycles. The van der Waals surface area contributed by atoms with Crippen LogP contribution >= 0.6 is 0 Å². The van der Waals surface area contributed by atoms with Gasteiger partial charge in [0.05, 0.1) is 17.0 Å². The van der Waals surface area contributed by atoms with Crippen LogP contribution in [0.2, 0.25) is 0 Å². The second kappa shape index (κ2) is 5.76. The average molecular weight is 334 g/mol. The van der Waals surface area contributed by atoms with E-state index in [1.807, 2.05) is 0 Å². The predicted octanol–water partition coefficient (Wildman–Crippen LogP) is 2.84. The van der Waals surface area contributed by atoms with E-state index in [-0.39, 0.29) is 17.0 Å². The predicted molar refractivity (Wildman–Crippen MR) is 82.9 cm³/mol. The zero-order valence-electron chi connectivity index (χ0n) is 12.6. The summed E-state index contributed by atoms with van der Waals surface area (Å²) < 4.78 is 39.2. The number of amides is 1. The van der Waals surface area contributed by atoms with Gasteiger partial charge in [0.15, 0.2) is 0 Å². The number of carbonyl (C=O) groups excluding carboxylic acids is 1. The average Bonchev–Trinajstić information content (AvgIpc) is 2.65. The minimum absolute atomic E-state index is 0.141. The number of anilines is 1. The number of carbonyl (C=O) groups is 1. The molecule has 124 valence electrons. The molecule has 0 spiro atoms. The summed E-state index contributed by atoms with van der Waals surface area (Å²) in [5.74, 6) is -0.707. The molecule has 24 heavy (non-hydrogen) atoms. The van der Waals surface area contributed by atoms with Crippen LogP contribution in [0.3, 0.4) is 0 Å². The van der Waals surface area contributed by atoms with Gasteiger partial charge in [0.25, 0.3) is 5.91 Å². The minimum Gasteiger partial charge on any atom is -0.364 e. The highest BCUT2D eigenvalue weighted by atomic mass is 19.4. The number of aliphatic hydroxyl groups is 1. The van der Waals surface area contributed by atoms with Crippen molar-refractivity contribution in [3.05, 3.63) is 65.2 Å². The van der Waals surface area contributed by atoms with Gasteiger partial charge in [-0.05, 0) is 18.2 Å². The molecule has 0 aliphatic carbocycles. The molecule has 0 saturated heterocycles. The summed E-state index contributed by atoms with van der Waals surface area (Å²) in [7, 11) is 1.39. The fraction of sp³-hybridized carbons (Fsp3) is 0.176. The van der Waals surface area contributed by atoms with Crippen LogP contribution in [0.1, 0.15) is 16.7 Å². The zero-order valence-corrected chi connectivity index (χ0v) is 12.6. The second-order valence-electron chi connectivity index (χ2n) is 5.34. The van der Waals surface area contributed by atoms with Crippen molar-refractivity contribution >= 4 is 17.3 Å². The third-order valence-electron chi connectivity index (χ3n) is 3.79. The van der Waals surface area contributed by atoms with Crippen molar-refractivity contribution in [2.45, 2.75) is 12.4 Å². The van der Waals surface area contributed by atoms with Crippen LogP contribution < -0.4 is 4.90 Å². The van der Waals surface area contributed by atoms with Crippen LogP contribution in [0.5, 0.6) is 0 Å². The SMILES string of the molecule is CN1C(=O)C(O)N=C(c2ccccc2)c2cc(C(F)(F)F)ccc21. The quantitative estimate of drug-likeness (QED) is 0.872. The molecule has 0 radical (unpaired) electrons. The Morgan fingerprint density at radius 1 is 1.12 bits per heavy atom. The Balaban J connectivity index is 2.28. The van der Waals surface area contributed by atoms with E-state index in [0.717, 1.165) is 17.0 Å². The van der Waals surface area contributed by atoms with Gasteiger partial charge in [-0.15, -0.1) is 0 Å². The summed E-state index contributed by atoms with van der Waals surface area (Å²) in [4.78, 5) is 17.2. The highest BCUT2D eigenvalue weighted by Crippen LogP contribution is 2.35. The number of halogens is 3. The maximum atomic E-state index is 13.1. The van der Waals surface area contributed by atoms with Crippen LogP contribution in [-0.2, 0) is 11.0 Å². The Hall–Kier alpha value is -2.67. The van der Waals surface area contributed by atoms with Gasteiger partial charge >= 0.3 is 6.18 Å². The number of aliphatic hydroxyl groups excluding tert-OH is 1. The molecule has 4 nitrogen and oxygen atoms in total. The third-order valence-corrected chi connectivity index (χ3v) is 3.79. The lowest BCUT2D eigenvalue weighted by Gasteiger charge is -2.20. The molecule has 7 heteroatoms. The van der Waals surface area contributed by atoms with Crippen LogP contribution in [-0.4, -0.2) is 30.0 Å². The van der Waals surface area contributed by atoms with Crippen molar-refractivity contribution in [2.75, 3.05) is 11.9 Å². The topological polar surface area (TPSA) is 52.9 Å². The van der Waals surface area contributed by atoms with Gasteiger partial charge < -0.3 is 10.0 Å². The van der Waals surface area contributed by atoms with Crippen molar-refractivity contribution in [3.8, 4) is 0 Å². The molecular formula is C17H13F3N2O2. The standard InChI is InChI=1S/C17H13F3N2O2/c1-22-13-8-7-11(17(18,19)20)9-12(13)14(21-15(23)16(22)24)10-5-3-2-4-6-10/h2-9,15,23H,1H3. The first kappa shape index (κ1) is 16.2. The summed E-state index contributed by atoms with van der Waals surface area (Å²) >= 11 is 0. The lowest BCUT2D eigenvalue weighted by atomic mass is 9.98. The molecular weight excluding hydrogens is 321 g/mol. The first-order valence-electron chi connectivity index (χ1n) is 7.09. The van der Waals surface area contributed by atoms with E-state index in [2.05, 4.69) is 4.99 Å². The summed E-state index contributed by atoms with van der Waals surface area (Å²) in [6.45, 7) is 0.